The van der Waals surface area contributed by atoms with Gasteiger partial charge in [-0.15, -0.1) is 0 Å². The van der Waals surface area contributed by atoms with Gasteiger partial charge in [0.25, 0.3) is 0 Å². The molecule has 4 heteroatoms. The average molecular weight is 294 g/mol. The molecule has 1 N–H and O–H groups in total. The minimum absolute atomic E-state index is 0.332. The summed E-state index contributed by atoms with van der Waals surface area (Å²) in [6.45, 7) is 0.871. The molecular weight excluding hydrogens is 268 g/mol. The Hall–Kier alpha value is -1.26. The van der Waals surface area contributed by atoms with E-state index in [0.717, 1.165) is 31.4 Å². The number of hydrogen-bond acceptors (Lipinski definition) is 4. The molecule has 1 aliphatic rings. The lowest BCUT2D eigenvalue weighted by molar-refractivity contribution is 0.00234. The molecule has 0 aromatic heterocycles. The van der Waals surface area contributed by atoms with Gasteiger partial charge >= 0.3 is 0 Å². The highest BCUT2D eigenvalue weighted by Crippen LogP contribution is 2.28. The number of hydrogen-bond donors (Lipinski definition) is 1. The average Bonchev–Trinajstić information content (AvgIpc) is 2.53. The Balaban J connectivity index is 1.82. The second-order valence-corrected chi connectivity index (χ2v) is 5.61. The van der Waals surface area contributed by atoms with Gasteiger partial charge in [-0.25, -0.2) is 0 Å². The Bertz CT molecular complexity index is 427. The first-order chi connectivity index (χ1) is 10.2. The molecule has 0 bridgehead atoms. The molecule has 2 atom stereocenters. The molecule has 0 saturated carbocycles. The van der Waals surface area contributed by atoms with Gasteiger partial charge in [-0.05, 0) is 56.2 Å². The van der Waals surface area contributed by atoms with Crippen LogP contribution in [-0.4, -0.2) is 38.1 Å². The van der Waals surface area contributed by atoms with Crippen LogP contribution in [0.4, 0.5) is 0 Å². The number of rotatable bonds is 7. The quantitative estimate of drug-likeness (QED) is 0.840. The summed E-state index contributed by atoms with van der Waals surface area (Å²) in [7, 11) is 3.25. The van der Waals surface area contributed by atoms with Crippen LogP contribution < -0.4 is 9.47 Å². The van der Waals surface area contributed by atoms with Crippen molar-refractivity contribution in [2.24, 2.45) is 0 Å². The maximum Gasteiger partial charge on any atom is 0.160 e. The molecule has 2 unspecified atom stereocenters. The van der Waals surface area contributed by atoms with E-state index < -0.39 is 0 Å². The SMILES string of the molecule is COc1ccc(CC(O)CCC2CCCCO2)cc1OC. The van der Waals surface area contributed by atoms with Crippen LogP contribution in [0, 0.1) is 0 Å². The zero-order valence-electron chi connectivity index (χ0n) is 13.0. The van der Waals surface area contributed by atoms with E-state index in [2.05, 4.69) is 0 Å². The number of benzene rings is 1. The number of ether oxygens (including phenoxy) is 3. The Labute approximate surface area is 127 Å². The minimum Gasteiger partial charge on any atom is -0.493 e. The van der Waals surface area contributed by atoms with E-state index >= 15 is 0 Å². The normalized spacial score (nSPS) is 20.0. The van der Waals surface area contributed by atoms with Crippen LogP contribution in [0.2, 0.25) is 0 Å². The van der Waals surface area contributed by atoms with Crippen LogP contribution in [0.25, 0.3) is 0 Å². The van der Waals surface area contributed by atoms with Crippen molar-refractivity contribution in [1.82, 2.24) is 0 Å². The van der Waals surface area contributed by atoms with E-state index in [4.69, 9.17) is 14.2 Å². The van der Waals surface area contributed by atoms with Gasteiger partial charge in [0.15, 0.2) is 11.5 Å². The first-order valence-corrected chi connectivity index (χ1v) is 7.73. The van der Waals surface area contributed by atoms with Crippen molar-refractivity contribution in [2.75, 3.05) is 20.8 Å². The highest BCUT2D eigenvalue weighted by molar-refractivity contribution is 5.43. The van der Waals surface area contributed by atoms with Crippen LogP contribution in [0.5, 0.6) is 11.5 Å². The second kappa shape index (κ2) is 8.25. The summed E-state index contributed by atoms with van der Waals surface area (Å²) in [6, 6.07) is 5.78. The summed E-state index contributed by atoms with van der Waals surface area (Å²) < 4.78 is 16.2. The van der Waals surface area contributed by atoms with E-state index in [1.807, 2.05) is 18.2 Å². The molecule has 4 nitrogen and oxygen atoms in total. The zero-order valence-corrected chi connectivity index (χ0v) is 13.0. The monoisotopic (exact) mass is 294 g/mol. The third-order valence-electron chi connectivity index (χ3n) is 4.02. The van der Waals surface area contributed by atoms with Crippen molar-refractivity contribution >= 4 is 0 Å². The second-order valence-electron chi connectivity index (χ2n) is 5.61. The van der Waals surface area contributed by atoms with Crippen molar-refractivity contribution in [3.05, 3.63) is 23.8 Å². The van der Waals surface area contributed by atoms with Crippen LogP contribution in [-0.2, 0) is 11.2 Å². The molecule has 1 aliphatic heterocycles. The largest absolute Gasteiger partial charge is 0.493 e. The molecule has 0 aliphatic carbocycles. The third-order valence-corrected chi connectivity index (χ3v) is 4.02. The fraction of sp³-hybridized carbons (Fsp3) is 0.647. The number of aliphatic hydroxyl groups excluding tert-OH is 1. The van der Waals surface area contributed by atoms with Gasteiger partial charge in [0, 0.05) is 6.61 Å². The van der Waals surface area contributed by atoms with E-state index in [0.29, 0.717) is 24.0 Å². The smallest absolute Gasteiger partial charge is 0.160 e. The van der Waals surface area contributed by atoms with Crippen LogP contribution in [0.15, 0.2) is 18.2 Å². The molecule has 1 heterocycles. The molecular formula is C17H26O4. The fourth-order valence-electron chi connectivity index (χ4n) is 2.80. The van der Waals surface area contributed by atoms with Gasteiger partial charge in [0.2, 0.25) is 0 Å². The molecule has 1 fully saturated rings. The Kier molecular flexibility index (Phi) is 6.33. The lowest BCUT2D eigenvalue weighted by Crippen LogP contribution is -2.21. The van der Waals surface area contributed by atoms with Gasteiger partial charge < -0.3 is 19.3 Å². The summed E-state index contributed by atoms with van der Waals surface area (Å²) in [5.41, 5.74) is 1.06. The van der Waals surface area contributed by atoms with Crippen molar-refractivity contribution in [2.45, 2.75) is 50.7 Å². The molecule has 2 rings (SSSR count). The molecule has 0 amide bonds. The van der Waals surface area contributed by atoms with Crippen LogP contribution in [0.3, 0.4) is 0 Å². The molecule has 1 aromatic rings. The minimum atomic E-state index is -0.339. The summed E-state index contributed by atoms with van der Waals surface area (Å²) >= 11 is 0. The van der Waals surface area contributed by atoms with Gasteiger partial charge in [0.05, 0.1) is 26.4 Å². The van der Waals surface area contributed by atoms with Crippen molar-refractivity contribution in [3.8, 4) is 11.5 Å². The maximum absolute atomic E-state index is 10.2. The molecule has 0 spiro atoms. The summed E-state index contributed by atoms with van der Waals surface area (Å²) in [4.78, 5) is 0. The van der Waals surface area contributed by atoms with Crippen LogP contribution in [0.1, 0.15) is 37.7 Å². The van der Waals surface area contributed by atoms with E-state index in [-0.39, 0.29) is 6.10 Å². The standard InChI is InChI=1S/C17H26O4/c1-19-16-9-6-13(12-17(16)20-2)11-14(18)7-8-15-5-3-4-10-21-15/h6,9,12,14-15,18H,3-5,7-8,10-11H2,1-2H3. The first kappa shape index (κ1) is 16.1. The van der Waals surface area contributed by atoms with Gasteiger partial charge in [-0.1, -0.05) is 6.07 Å². The predicted octanol–water partition coefficient (Wildman–Crippen LogP) is 2.96. The molecule has 1 saturated heterocycles. The third kappa shape index (κ3) is 4.90. The van der Waals surface area contributed by atoms with Crippen molar-refractivity contribution in [1.29, 1.82) is 0 Å². The summed E-state index contributed by atoms with van der Waals surface area (Å²) in [6.07, 6.45) is 5.89. The molecule has 1 aromatic carbocycles. The Morgan fingerprint density at radius 2 is 2.05 bits per heavy atom. The highest BCUT2D eigenvalue weighted by atomic mass is 16.5. The van der Waals surface area contributed by atoms with Crippen LogP contribution >= 0.6 is 0 Å². The highest BCUT2D eigenvalue weighted by Gasteiger charge is 2.16. The Morgan fingerprint density at radius 3 is 2.71 bits per heavy atom. The van der Waals surface area contributed by atoms with E-state index in [1.54, 1.807) is 14.2 Å². The lowest BCUT2D eigenvalue weighted by Gasteiger charge is -2.23. The lowest BCUT2D eigenvalue weighted by atomic mass is 9.99. The Morgan fingerprint density at radius 1 is 1.24 bits per heavy atom. The topological polar surface area (TPSA) is 47.9 Å². The van der Waals surface area contributed by atoms with Crippen molar-refractivity contribution < 1.29 is 19.3 Å². The molecule has 0 radical (unpaired) electrons. The van der Waals surface area contributed by atoms with Gasteiger partial charge in [0.1, 0.15) is 0 Å². The van der Waals surface area contributed by atoms with E-state index in [1.165, 1.54) is 12.8 Å². The molecule has 118 valence electrons. The summed E-state index contributed by atoms with van der Waals surface area (Å²) in [5.74, 6) is 1.42. The maximum atomic E-state index is 10.2. The summed E-state index contributed by atoms with van der Waals surface area (Å²) in [5, 5.41) is 10.2. The number of methoxy groups -OCH3 is 2. The van der Waals surface area contributed by atoms with E-state index in [9.17, 15) is 5.11 Å². The van der Waals surface area contributed by atoms with Gasteiger partial charge in [-0.3, -0.25) is 0 Å². The van der Waals surface area contributed by atoms with Crippen molar-refractivity contribution in [3.63, 3.8) is 0 Å². The fourth-order valence-corrected chi connectivity index (χ4v) is 2.80. The molecule has 21 heavy (non-hydrogen) atoms. The first-order valence-electron chi connectivity index (χ1n) is 7.73. The van der Waals surface area contributed by atoms with Gasteiger partial charge in [-0.2, -0.15) is 0 Å². The zero-order chi connectivity index (χ0) is 15.1. The number of aliphatic hydroxyl groups is 1. The predicted molar refractivity (Wildman–Crippen MR) is 82.1 cm³/mol.